The van der Waals surface area contributed by atoms with Crippen molar-refractivity contribution in [1.29, 1.82) is 0 Å². The normalized spacial score (nSPS) is 11.3. The lowest BCUT2D eigenvalue weighted by Gasteiger charge is -2.11. The number of alkyl halides is 3. The zero-order chi connectivity index (χ0) is 16.5. The van der Waals surface area contributed by atoms with Crippen molar-refractivity contribution < 1.29 is 31.5 Å². The first-order valence-corrected chi connectivity index (χ1v) is 5.82. The maximum atomic E-state index is 13.9. The lowest BCUT2D eigenvalue weighted by molar-refractivity contribution is -0.274. The molecule has 0 unspecified atom stereocenters. The number of benzene rings is 2. The van der Waals surface area contributed by atoms with E-state index < -0.39 is 35.2 Å². The Morgan fingerprint density at radius 1 is 1.05 bits per heavy atom. The fourth-order valence-electron chi connectivity index (χ4n) is 1.84. The molecule has 0 saturated carbocycles. The zero-order valence-corrected chi connectivity index (χ0v) is 10.7. The van der Waals surface area contributed by atoms with Crippen molar-refractivity contribution in [1.82, 2.24) is 0 Å². The summed E-state index contributed by atoms with van der Waals surface area (Å²) in [5.41, 5.74) is 3.77. The number of carbonyl (C=O) groups excluding carboxylic acids is 1. The third-order valence-corrected chi connectivity index (χ3v) is 2.68. The molecule has 0 aliphatic rings. The van der Waals surface area contributed by atoms with Crippen LogP contribution in [0.15, 0.2) is 36.4 Å². The Kier molecular flexibility index (Phi) is 4.03. The summed E-state index contributed by atoms with van der Waals surface area (Å²) in [6.07, 6.45) is -4.93. The quantitative estimate of drug-likeness (QED) is 0.879. The van der Waals surface area contributed by atoms with E-state index in [2.05, 4.69) is 4.74 Å². The summed E-state index contributed by atoms with van der Waals surface area (Å²) in [6.45, 7) is 0. The molecule has 0 saturated heterocycles. The average Bonchev–Trinajstić information content (AvgIpc) is 2.36. The van der Waals surface area contributed by atoms with Crippen LogP contribution in [0, 0.1) is 11.6 Å². The third kappa shape index (κ3) is 3.51. The standard InChI is InChI=1S/C14H8F5NO2/c15-10-5-8(13(20)21)6-11(16)12(10)7-2-1-3-9(4-7)22-14(17,18)19/h1-6H,(H2,20,21). The molecule has 2 N–H and O–H groups in total. The fraction of sp³-hybridized carbons (Fsp3) is 0.0714. The molecular weight excluding hydrogens is 309 g/mol. The largest absolute Gasteiger partial charge is 0.573 e. The highest BCUT2D eigenvalue weighted by Crippen LogP contribution is 2.31. The van der Waals surface area contributed by atoms with Crippen LogP contribution in [0.2, 0.25) is 0 Å². The molecule has 2 rings (SSSR count). The monoisotopic (exact) mass is 317 g/mol. The third-order valence-electron chi connectivity index (χ3n) is 2.68. The number of primary amides is 1. The molecule has 0 fully saturated rings. The fourth-order valence-corrected chi connectivity index (χ4v) is 1.84. The molecule has 0 aromatic heterocycles. The van der Waals surface area contributed by atoms with Crippen molar-refractivity contribution in [3.63, 3.8) is 0 Å². The van der Waals surface area contributed by atoms with Gasteiger partial charge in [0.05, 0.1) is 5.56 Å². The van der Waals surface area contributed by atoms with Gasteiger partial charge in [0.25, 0.3) is 0 Å². The van der Waals surface area contributed by atoms with Gasteiger partial charge in [-0.2, -0.15) is 0 Å². The van der Waals surface area contributed by atoms with E-state index in [9.17, 15) is 26.7 Å². The molecule has 2 aromatic rings. The molecule has 3 nitrogen and oxygen atoms in total. The highest BCUT2D eigenvalue weighted by Gasteiger charge is 2.31. The maximum Gasteiger partial charge on any atom is 0.573 e. The van der Waals surface area contributed by atoms with Gasteiger partial charge >= 0.3 is 6.36 Å². The van der Waals surface area contributed by atoms with Crippen molar-refractivity contribution in [2.24, 2.45) is 5.73 Å². The Bertz CT molecular complexity index is 704. The molecule has 22 heavy (non-hydrogen) atoms. The second-order valence-corrected chi connectivity index (χ2v) is 4.25. The number of halogens is 5. The Hall–Kier alpha value is -2.64. The van der Waals surface area contributed by atoms with Crippen molar-refractivity contribution in [2.75, 3.05) is 0 Å². The molecule has 2 aromatic carbocycles. The van der Waals surface area contributed by atoms with Gasteiger partial charge in [-0.05, 0) is 29.8 Å². The van der Waals surface area contributed by atoms with Gasteiger partial charge in [-0.15, -0.1) is 13.2 Å². The number of hydrogen-bond acceptors (Lipinski definition) is 2. The van der Waals surface area contributed by atoms with E-state index in [-0.39, 0.29) is 11.1 Å². The topological polar surface area (TPSA) is 52.3 Å². The molecule has 0 atom stereocenters. The number of rotatable bonds is 3. The minimum atomic E-state index is -4.93. The predicted octanol–water partition coefficient (Wildman–Crippen LogP) is 3.63. The summed E-state index contributed by atoms with van der Waals surface area (Å²) in [6, 6.07) is 5.59. The first kappa shape index (κ1) is 15.7. The first-order valence-electron chi connectivity index (χ1n) is 5.82. The summed E-state index contributed by atoms with van der Waals surface area (Å²) in [4.78, 5) is 10.9. The van der Waals surface area contributed by atoms with Gasteiger partial charge in [-0.25, -0.2) is 8.78 Å². The van der Waals surface area contributed by atoms with Gasteiger partial charge < -0.3 is 10.5 Å². The molecule has 8 heteroatoms. The van der Waals surface area contributed by atoms with E-state index >= 15 is 0 Å². The van der Waals surface area contributed by atoms with Gasteiger partial charge in [-0.3, -0.25) is 4.79 Å². The minimum Gasteiger partial charge on any atom is -0.406 e. The zero-order valence-electron chi connectivity index (χ0n) is 10.7. The van der Waals surface area contributed by atoms with Gasteiger partial charge in [0, 0.05) is 5.56 Å². The summed E-state index contributed by atoms with van der Waals surface area (Å²) < 4.78 is 68.0. The molecule has 0 aliphatic carbocycles. The molecule has 0 radical (unpaired) electrons. The first-order chi connectivity index (χ1) is 10.2. The second-order valence-electron chi connectivity index (χ2n) is 4.25. The molecule has 0 aliphatic heterocycles. The smallest absolute Gasteiger partial charge is 0.406 e. The van der Waals surface area contributed by atoms with Gasteiger partial charge in [-0.1, -0.05) is 12.1 Å². The van der Waals surface area contributed by atoms with Crippen LogP contribution in [-0.2, 0) is 0 Å². The van der Waals surface area contributed by atoms with Gasteiger partial charge in [0.15, 0.2) is 0 Å². The van der Waals surface area contributed by atoms with Crippen LogP contribution in [0.5, 0.6) is 5.75 Å². The van der Waals surface area contributed by atoms with Crippen LogP contribution in [0.1, 0.15) is 10.4 Å². The Balaban J connectivity index is 2.49. The number of hydrogen-bond donors (Lipinski definition) is 1. The molecule has 0 heterocycles. The van der Waals surface area contributed by atoms with Crippen molar-refractivity contribution in [3.8, 4) is 16.9 Å². The Labute approximate surface area is 121 Å². The van der Waals surface area contributed by atoms with E-state index in [1.165, 1.54) is 6.07 Å². The van der Waals surface area contributed by atoms with Gasteiger partial charge in [0.1, 0.15) is 17.4 Å². The second kappa shape index (κ2) is 5.63. The number of amides is 1. The van der Waals surface area contributed by atoms with E-state index in [1.54, 1.807) is 0 Å². The molecule has 0 spiro atoms. The Morgan fingerprint density at radius 3 is 2.14 bits per heavy atom. The Morgan fingerprint density at radius 2 is 1.64 bits per heavy atom. The summed E-state index contributed by atoms with van der Waals surface area (Å²) >= 11 is 0. The summed E-state index contributed by atoms with van der Waals surface area (Å²) in [5.74, 6) is -3.91. The van der Waals surface area contributed by atoms with Crippen LogP contribution < -0.4 is 10.5 Å². The van der Waals surface area contributed by atoms with Crippen molar-refractivity contribution >= 4 is 5.91 Å². The summed E-state index contributed by atoms with van der Waals surface area (Å²) in [5, 5.41) is 0. The van der Waals surface area contributed by atoms with E-state index in [4.69, 9.17) is 5.73 Å². The lowest BCUT2D eigenvalue weighted by Crippen LogP contribution is -2.17. The highest BCUT2D eigenvalue weighted by atomic mass is 19.4. The molecule has 116 valence electrons. The molecule has 0 bridgehead atoms. The van der Waals surface area contributed by atoms with E-state index in [0.29, 0.717) is 12.1 Å². The number of ether oxygens (including phenoxy) is 1. The van der Waals surface area contributed by atoms with E-state index in [0.717, 1.165) is 18.2 Å². The highest BCUT2D eigenvalue weighted by molar-refractivity contribution is 5.93. The number of nitrogens with two attached hydrogens (primary N) is 1. The van der Waals surface area contributed by atoms with Crippen molar-refractivity contribution in [2.45, 2.75) is 6.36 Å². The molecule has 1 amide bonds. The van der Waals surface area contributed by atoms with Crippen LogP contribution >= 0.6 is 0 Å². The minimum absolute atomic E-state index is 0.173. The van der Waals surface area contributed by atoms with Crippen LogP contribution in [0.3, 0.4) is 0 Å². The van der Waals surface area contributed by atoms with Crippen LogP contribution in [0.4, 0.5) is 22.0 Å². The SMILES string of the molecule is NC(=O)c1cc(F)c(-c2cccc(OC(F)(F)F)c2)c(F)c1. The number of carbonyl (C=O) groups is 1. The summed E-state index contributed by atoms with van der Waals surface area (Å²) in [7, 11) is 0. The van der Waals surface area contributed by atoms with E-state index in [1.807, 2.05) is 0 Å². The average molecular weight is 317 g/mol. The van der Waals surface area contributed by atoms with Crippen molar-refractivity contribution in [3.05, 3.63) is 53.6 Å². The van der Waals surface area contributed by atoms with Gasteiger partial charge in [0.2, 0.25) is 5.91 Å². The lowest BCUT2D eigenvalue weighted by atomic mass is 10.0. The molecular formula is C14H8F5NO2. The van der Waals surface area contributed by atoms with Crippen LogP contribution in [0.25, 0.3) is 11.1 Å². The van der Waals surface area contributed by atoms with Crippen LogP contribution in [-0.4, -0.2) is 12.3 Å². The predicted molar refractivity (Wildman–Crippen MR) is 67.0 cm³/mol. The maximum absolute atomic E-state index is 13.9.